The summed E-state index contributed by atoms with van der Waals surface area (Å²) in [5.41, 5.74) is 1.68. The van der Waals surface area contributed by atoms with Gasteiger partial charge in [0.25, 0.3) is 0 Å². The van der Waals surface area contributed by atoms with Crippen LogP contribution in [0.15, 0.2) is 12.2 Å². The van der Waals surface area contributed by atoms with Crippen molar-refractivity contribution in [3.8, 4) is 11.8 Å². The van der Waals surface area contributed by atoms with Crippen molar-refractivity contribution in [3.05, 3.63) is 12.2 Å². The highest BCUT2D eigenvalue weighted by molar-refractivity contribution is 5.15. The molecule has 1 fully saturated rings. The van der Waals surface area contributed by atoms with Crippen LogP contribution >= 0.6 is 0 Å². The van der Waals surface area contributed by atoms with Gasteiger partial charge in [-0.15, -0.1) is 5.92 Å². The van der Waals surface area contributed by atoms with E-state index < -0.39 is 0 Å². The minimum absolute atomic E-state index is 0.0198. The van der Waals surface area contributed by atoms with Crippen molar-refractivity contribution in [2.24, 2.45) is 11.3 Å². The summed E-state index contributed by atoms with van der Waals surface area (Å²) in [7, 11) is 0. The van der Waals surface area contributed by atoms with Crippen LogP contribution in [0.4, 0.5) is 0 Å². The fourth-order valence-electron chi connectivity index (χ4n) is 2.50. The molecule has 1 aliphatic carbocycles. The molecule has 2 atom stereocenters. The zero-order chi connectivity index (χ0) is 11.3. The molecule has 1 heteroatoms. The largest absolute Gasteiger partial charge is 0.384 e. The van der Waals surface area contributed by atoms with Gasteiger partial charge in [0.2, 0.25) is 0 Å². The molecule has 1 saturated carbocycles. The smallest absolute Gasteiger partial charge is 0.104 e. The number of rotatable bonds is 2. The van der Waals surface area contributed by atoms with Crippen LogP contribution in [0.25, 0.3) is 0 Å². The van der Waals surface area contributed by atoms with Gasteiger partial charge in [0.05, 0.1) is 0 Å². The van der Waals surface area contributed by atoms with E-state index in [1.54, 1.807) is 0 Å². The van der Waals surface area contributed by atoms with Crippen molar-refractivity contribution in [1.29, 1.82) is 0 Å². The summed E-state index contributed by atoms with van der Waals surface area (Å²) in [6, 6.07) is 0. The van der Waals surface area contributed by atoms with Crippen molar-refractivity contribution >= 4 is 0 Å². The molecule has 1 nitrogen and oxygen atoms in total. The highest BCUT2D eigenvalue weighted by Gasteiger charge is 2.33. The Labute approximate surface area is 93.6 Å². The summed E-state index contributed by atoms with van der Waals surface area (Å²) in [4.78, 5) is 0. The SMILES string of the molecule is C=C1[C@H](C)CCC[C@@]1(C)CCC#CCO. The molecule has 0 unspecified atom stereocenters. The van der Waals surface area contributed by atoms with Gasteiger partial charge < -0.3 is 5.11 Å². The highest BCUT2D eigenvalue weighted by Crippen LogP contribution is 2.45. The quantitative estimate of drug-likeness (QED) is 0.543. The molecular formula is C14H22O. The van der Waals surface area contributed by atoms with Crippen LogP contribution in [-0.4, -0.2) is 11.7 Å². The van der Waals surface area contributed by atoms with Gasteiger partial charge in [-0.05, 0) is 30.6 Å². The number of aliphatic hydroxyl groups excluding tert-OH is 1. The Balaban J connectivity index is 2.53. The minimum Gasteiger partial charge on any atom is -0.384 e. The lowest BCUT2D eigenvalue weighted by Crippen LogP contribution is -2.27. The first-order chi connectivity index (χ1) is 7.10. The molecule has 0 aliphatic heterocycles. The van der Waals surface area contributed by atoms with Gasteiger partial charge >= 0.3 is 0 Å². The van der Waals surface area contributed by atoms with Crippen LogP contribution in [0.3, 0.4) is 0 Å². The minimum atomic E-state index is -0.0198. The highest BCUT2D eigenvalue weighted by atomic mass is 16.2. The number of aliphatic hydroxyl groups is 1. The van der Waals surface area contributed by atoms with Crippen LogP contribution in [0.1, 0.15) is 46.0 Å². The van der Waals surface area contributed by atoms with Crippen LogP contribution in [0, 0.1) is 23.2 Å². The molecule has 1 aliphatic rings. The zero-order valence-electron chi connectivity index (χ0n) is 9.97. The first-order valence-electron chi connectivity index (χ1n) is 5.86. The summed E-state index contributed by atoms with van der Waals surface area (Å²) in [5, 5.41) is 8.57. The Kier molecular flexibility index (Phi) is 4.42. The van der Waals surface area contributed by atoms with Gasteiger partial charge in [0.15, 0.2) is 0 Å². The summed E-state index contributed by atoms with van der Waals surface area (Å²) >= 11 is 0. The lowest BCUT2D eigenvalue weighted by Gasteiger charge is -2.39. The molecule has 0 saturated heterocycles. The van der Waals surface area contributed by atoms with Gasteiger partial charge in [0, 0.05) is 6.42 Å². The van der Waals surface area contributed by atoms with Crippen molar-refractivity contribution in [1.82, 2.24) is 0 Å². The van der Waals surface area contributed by atoms with E-state index in [0.717, 1.165) is 12.8 Å². The maximum atomic E-state index is 8.57. The van der Waals surface area contributed by atoms with Gasteiger partial charge in [-0.25, -0.2) is 0 Å². The molecule has 0 aromatic heterocycles. The predicted octanol–water partition coefficient (Wildman–Crippen LogP) is 3.14. The molecule has 1 N–H and O–H groups in total. The molecule has 0 heterocycles. The molecule has 0 radical (unpaired) electrons. The summed E-state index contributed by atoms with van der Waals surface area (Å²) in [6.45, 7) is 8.82. The Morgan fingerprint density at radius 1 is 1.53 bits per heavy atom. The maximum Gasteiger partial charge on any atom is 0.104 e. The summed E-state index contributed by atoms with van der Waals surface area (Å²) in [5.74, 6) is 6.37. The number of allylic oxidation sites excluding steroid dienone is 1. The van der Waals surface area contributed by atoms with Crippen molar-refractivity contribution in [3.63, 3.8) is 0 Å². The van der Waals surface area contributed by atoms with Gasteiger partial charge in [0.1, 0.15) is 6.61 Å². The molecule has 0 bridgehead atoms. The van der Waals surface area contributed by atoms with Crippen LogP contribution in [0.5, 0.6) is 0 Å². The average molecular weight is 206 g/mol. The fourth-order valence-corrected chi connectivity index (χ4v) is 2.50. The second kappa shape index (κ2) is 5.37. The standard InChI is InChI=1S/C14H22O/c1-12-8-7-10-14(3,13(12)2)9-5-4-6-11-15/h12,15H,2,5,7-11H2,1,3H3/t12-,14-/m1/s1. The predicted molar refractivity (Wildman–Crippen MR) is 64.4 cm³/mol. The Morgan fingerprint density at radius 2 is 2.27 bits per heavy atom. The third-order valence-electron chi connectivity index (χ3n) is 3.74. The molecule has 0 aromatic rings. The molecule has 15 heavy (non-hydrogen) atoms. The van der Waals surface area contributed by atoms with Gasteiger partial charge in [-0.1, -0.05) is 38.3 Å². The van der Waals surface area contributed by atoms with Crippen LogP contribution in [0.2, 0.25) is 0 Å². The Morgan fingerprint density at radius 3 is 2.93 bits per heavy atom. The second-order valence-corrected chi connectivity index (χ2v) is 4.89. The fraction of sp³-hybridized carbons (Fsp3) is 0.714. The average Bonchev–Trinajstić information content (AvgIpc) is 2.21. The molecule has 0 amide bonds. The lowest BCUT2D eigenvalue weighted by molar-refractivity contribution is 0.250. The number of hydrogen-bond acceptors (Lipinski definition) is 1. The van der Waals surface area contributed by atoms with E-state index in [0.29, 0.717) is 5.92 Å². The third kappa shape index (κ3) is 3.11. The Hall–Kier alpha value is -0.740. The third-order valence-corrected chi connectivity index (χ3v) is 3.74. The van der Waals surface area contributed by atoms with Crippen LogP contribution < -0.4 is 0 Å². The van der Waals surface area contributed by atoms with E-state index in [2.05, 4.69) is 32.3 Å². The van der Waals surface area contributed by atoms with E-state index in [-0.39, 0.29) is 12.0 Å². The molecule has 1 rings (SSSR count). The normalized spacial score (nSPS) is 30.9. The second-order valence-electron chi connectivity index (χ2n) is 4.89. The first kappa shape index (κ1) is 12.3. The molecule has 0 spiro atoms. The van der Waals surface area contributed by atoms with E-state index in [9.17, 15) is 0 Å². The first-order valence-corrected chi connectivity index (χ1v) is 5.86. The van der Waals surface area contributed by atoms with E-state index in [1.807, 2.05) is 0 Å². The topological polar surface area (TPSA) is 20.2 Å². The van der Waals surface area contributed by atoms with Crippen molar-refractivity contribution in [2.75, 3.05) is 6.61 Å². The lowest BCUT2D eigenvalue weighted by atomic mass is 9.66. The molecule has 84 valence electrons. The molecule has 0 aromatic carbocycles. The number of hydrogen-bond donors (Lipinski definition) is 1. The van der Waals surface area contributed by atoms with Crippen LogP contribution in [-0.2, 0) is 0 Å². The zero-order valence-corrected chi connectivity index (χ0v) is 9.97. The molecular weight excluding hydrogens is 184 g/mol. The summed E-state index contributed by atoms with van der Waals surface area (Å²) in [6.07, 6.45) is 5.81. The van der Waals surface area contributed by atoms with Gasteiger partial charge in [-0.2, -0.15) is 0 Å². The van der Waals surface area contributed by atoms with Crippen molar-refractivity contribution in [2.45, 2.75) is 46.0 Å². The van der Waals surface area contributed by atoms with E-state index >= 15 is 0 Å². The van der Waals surface area contributed by atoms with Crippen molar-refractivity contribution < 1.29 is 5.11 Å². The van der Waals surface area contributed by atoms with E-state index in [4.69, 9.17) is 5.11 Å². The monoisotopic (exact) mass is 206 g/mol. The van der Waals surface area contributed by atoms with E-state index in [1.165, 1.54) is 24.8 Å². The van der Waals surface area contributed by atoms with Gasteiger partial charge in [-0.3, -0.25) is 0 Å². The summed E-state index contributed by atoms with van der Waals surface area (Å²) < 4.78 is 0. The maximum absolute atomic E-state index is 8.57. The Bertz CT molecular complexity index is 281.